The molecule has 0 radical (unpaired) electrons. The Morgan fingerprint density at radius 1 is 1.00 bits per heavy atom. The third kappa shape index (κ3) is 2.36. The van der Waals surface area contributed by atoms with Gasteiger partial charge in [-0.1, -0.05) is 24.3 Å². The lowest BCUT2D eigenvalue weighted by Crippen LogP contribution is -2.23. The van der Waals surface area contributed by atoms with Gasteiger partial charge in [-0.3, -0.25) is 9.59 Å². The molecule has 1 aromatic carbocycles. The number of carbonyl (C=O) groups is 4. The van der Waals surface area contributed by atoms with Crippen molar-refractivity contribution in [1.29, 1.82) is 0 Å². The Morgan fingerprint density at radius 3 is 2.32 bits per heavy atom. The van der Waals surface area contributed by atoms with E-state index >= 15 is 0 Å². The van der Waals surface area contributed by atoms with E-state index in [-0.39, 0.29) is 51.4 Å². The number of hydrogen-bond acceptors (Lipinski definition) is 6. The normalized spacial score (nSPS) is 12.5. The topological polar surface area (TPSA) is 91.2 Å². The zero-order valence-electron chi connectivity index (χ0n) is 15.1. The van der Waals surface area contributed by atoms with Crippen LogP contribution in [0.3, 0.4) is 0 Å². The third-order valence-corrected chi connectivity index (χ3v) is 4.70. The number of ketones is 2. The van der Waals surface area contributed by atoms with Crippen molar-refractivity contribution < 1.29 is 28.7 Å². The summed E-state index contributed by atoms with van der Waals surface area (Å²) in [6, 6.07) is 9.34. The number of aromatic nitrogens is 1. The summed E-state index contributed by atoms with van der Waals surface area (Å²) in [5, 5.41) is 0. The highest BCUT2D eigenvalue weighted by Crippen LogP contribution is 2.34. The van der Waals surface area contributed by atoms with Crippen molar-refractivity contribution in [3.8, 4) is 0 Å². The van der Waals surface area contributed by atoms with E-state index < -0.39 is 17.7 Å². The van der Waals surface area contributed by atoms with Gasteiger partial charge < -0.3 is 13.9 Å². The maximum atomic E-state index is 13.2. The minimum absolute atomic E-state index is 0.0100. The quantitative estimate of drug-likeness (QED) is 0.510. The number of carbonyl (C=O) groups excluding carboxylic acids is 4. The molecular formula is C21H15NO6. The lowest BCUT2D eigenvalue weighted by Gasteiger charge is -2.15. The molecule has 7 nitrogen and oxygen atoms in total. The van der Waals surface area contributed by atoms with E-state index in [1.165, 1.54) is 29.8 Å². The molecule has 3 aromatic rings. The first-order valence-electron chi connectivity index (χ1n) is 8.61. The van der Waals surface area contributed by atoms with Crippen LogP contribution in [0.2, 0.25) is 0 Å². The van der Waals surface area contributed by atoms with E-state index in [4.69, 9.17) is 9.47 Å². The number of nitrogens with zero attached hydrogens (tertiary/aromatic N) is 1. The van der Waals surface area contributed by atoms with Gasteiger partial charge >= 0.3 is 11.9 Å². The molecule has 4 rings (SSSR count). The van der Waals surface area contributed by atoms with Crippen molar-refractivity contribution in [3.63, 3.8) is 0 Å². The van der Waals surface area contributed by atoms with E-state index in [1.54, 1.807) is 31.2 Å². The van der Waals surface area contributed by atoms with Gasteiger partial charge in [-0.25, -0.2) is 9.59 Å². The highest BCUT2D eigenvalue weighted by molar-refractivity contribution is 6.31. The standard InChI is InChI=1S/C21H15NO6/c1-3-28-21(26)15-14-10-11(20(25)27-2)8-9-22(14)17-16(15)18(23)12-6-4-5-7-13(12)19(17)24/h4-10H,3H2,1-2H3. The average Bonchev–Trinajstić information content (AvgIpc) is 3.06. The molecule has 1 aliphatic carbocycles. The molecule has 1 aliphatic rings. The molecule has 0 unspecified atom stereocenters. The Hall–Kier alpha value is -3.74. The highest BCUT2D eigenvalue weighted by atomic mass is 16.5. The molecule has 7 heteroatoms. The number of ether oxygens (including phenoxy) is 2. The van der Waals surface area contributed by atoms with E-state index in [0.29, 0.717) is 0 Å². The van der Waals surface area contributed by atoms with Gasteiger partial charge in [0.05, 0.1) is 35.9 Å². The van der Waals surface area contributed by atoms with Crippen LogP contribution in [0.25, 0.3) is 5.52 Å². The SMILES string of the molecule is CCOC(=O)c1c2c(n3ccc(C(=O)OC)cc13)C(=O)c1ccccc1C2=O. The van der Waals surface area contributed by atoms with Crippen LogP contribution < -0.4 is 0 Å². The van der Waals surface area contributed by atoms with Gasteiger partial charge in [0.2, 0.25) is 5.78 Å². The molecule has 0 saturated heterocycles. The van der Waals surface area contributed by atoms with Crippen LogP contribution in [0, 0.1) is 0 Å². The van der Waals surface area contributed by atoms with Gasteiger partial charge in [0.25, 0.3) is 0 Å². The molecule has 0 amide bonds. The minimum Gasteiger partial charge on any atom is -0.465 e. The monoisotopic (exact) mass is 377 g/mol. The molecule has 0 N–H and O–H groups in total. The van der Waals surface area contributed by atoms with Crippen molar-refractivity contribution in [2.24, 2.45) is 0 Å². The molecule has 0 spiro atoms. The van der Waals surface area contributed by atoms with Crippen LogP contribution in [-0.2, 0) is 9.47 Å². The number of benzene rings is 1. The van der Waals surface area contributed by atoms with Crippen molar-refractivity contribution >= 4 is 29.0 Å². The Kier molecular flexibility index (Phi) is 4.07. The van der Waals surface area contributed by atoms with Crippen LogP contribution in [0.15, 0.2) is 42.6 Å². The predicted octanol–water partition coefficient (Wildman–Crippen LogP) is 2.68. The first-order valence-corrected chi connectivity index (χ1v) is 8.61. The molecular weight excluding hydrogens is 362 g/mol. The van der Waals surface area contributed by atoms with Gasteiger partial charge in [-0.05, 0) is 19.1 Å². The Balaban J connectivity index is 2.09. The second-order valence-electron chi connectivity index (χ2n) is 6.19. The summed E-state index contributed by atoms with van der Waals surface area (Å²) in [5.74, 6) is -2.14. The van der Waals surface area contributed by atoms with E-state index in [2.05, 4.69) is 0 Å². The molecule has 0 bridgehead atoms. The van der Waals surface area contributed by atoms with Crippen molar-refractivity contribution in [2.45, 2.75) is 6.92 Å². The van der Waals surface area contributed by atoms with Crippen molar-refractivity contribution in [2.75, 3.05) is 13.7 Å². The molecule has 0 atom stereocenters. The van der Waals surface area contributed by atoms with Gasteiger partial charge in [0.1, 0.15) is 5.69 Å². The summed E-state index contributed by atoms with van der Waals surface area (Å²) >= 11 is 0. The second-order valence-corrected chi connectivity index (χ2v) is 6.19. The Labute approximate surface area is 159 Å². The fourth-order valence-corrected chi connectivity index (χ4v) is 3.49. The predicted molar refractivity (Wildman–Crippen MR) is 98.0 cm³/mol. The lowest BCUT2D eigenvalue weighted by atomic mass is 9.86. The van der Waals surface area contributed by atoms with Crippen LogP contribution in [0.4, 0.5) is 0 Å². The summed E-state index contributed by atoms with van der Waals surface area (Å²) in [6.07, 6.45) is 1.47. The molecule has 2 aromatic heterocycles. The van der Waals surface area contributed by atoms with Gasteiger partial charge in [0, 0.05) is 17.3 Å². The highest BCUT2D eigenvalue weighted by Gasteiger charge is 2.38. The van der Waals surface area contributed by atoms with Gasteiger partial charge in [-0.2, -0.15) is 0 Å². The fraction of sp³-hybridized carbons (Fsp3) is 0.143. The third-order valence-electron chi connectivity index (χ3n) is 4.70. The average molecular weight is 377 g/mol. The smallest absolute Gasteiger partial charge is 0.341 e. The maximum Gasteiger partial charge on any atom is 0.341 e. The van der Waals surface area contributed by atoms with E-state index in [0.717, 1.165) is 0 Å². The van der Waals surface area contributed by atoms with Crippen LogP contribution in [0.5, 0.6) is 0 Å². The van der Waals surface area contributed by atoms with Crippen molar-refractivity contribution in [1.82, 2.24) is 4.40 Å². The number of hydrogen-bond donors (Lipinski definition) is 0. The molecule has 28 heavy (non-hydrogen) atoms. The molecule has 2 heterocycles. The molecule has 0 aliphatic heterocycles. The van der Waals surface area contributed by atoms with Crippen LogP contribution in [0.1, 0.15) is 59.6 Å². The van der Waals surface area contributed by atoms with Crippen LogP contribution >= 0.6 is 0 Å². The summed E-state index contributed by atoms with van der Waals surface area (Å²) in [6.45, 7) is 1.74. The molecule has 140 valence electrons. The number of rotatable bonds is 3. The maximum absolute atomic E-state index is 13.2. The summed E-state index contributed by atoms with van der Waals surface area (Å²) in [5.41, 5.74) is 0.966. The first-order chi connectivity index (χ1) is 13.5. The lowest BCUT2D eigenvalue weighted by molar-refractivity contribution is 0.0524. The summed E-state index contributed by atoms with van der Waals surface area (Å²) in [4.78, 5) is 50.9. The van der Waals surface area contributed by atoms with Gasteiger partial charge in [0.15, 0.2) is 5.78 Å². The number of esters is 2. The number of fused-ring (bicyclic) bond motifs is 4. The van der Waals surface area contributed by atoms with E-state index in [9.17, 15) is 19.2 Å². The number of pyridine rings is 1. The summed E-state index contributed by atoms with van der Waals surface area (Å²) in [7, 11) is 1.24. The largest absolute Gasteiger partial charge is 0.465 e. The number of methoxy groups -OCH3 is 1. The fourth-order valence-electron chi connectivity index (χ4n) is 3.49. The Bertz CT molecular complexity index is 1190. The molecule has 0 saturated carbocycles. The molecule has 0 fully saturated rings. The second kappa shape index (κ2) is 6.45. The van der Waals surface area contributed by atoms with Gasteiger partial charge in [-0.15, -0.1) is 0 Å². The Morgan fingerprint density at radius 2 is 1.68 bits per heavy atom. The first kappa shape index (κ1) is 17.7. The summed E-state index contributed by atoms with van der Waals surface area (Å²) < 4.78 is 11.3. The minimum atomic E-state index is -0.733. The van der Waals surface area contributed by atoms with Crippen molar-refractivity contribution in [3.05, 3.63) is 76.1 Å². The van der Waals surface area contributed by atoms with E-state index in [1.807, 2.05) is 0 Å². The van der Waals surface area contributed by atoms with Crippen LogP contribution in [-0.4, -0.2) is 41.6 Å². The zero-order chi connectivity index (χ0) is 20.0. The zero-order valence-corrected chi connectivity index (χ0v) is 15.1.